The van der Waals surface area contributed by atoms with Gasteiger partial charge in [0.1, 0.15) is 12.7 Å². The third-order valence-electron chi connectivity index (χ3n) is 3.89. The van der Waals surface area contributed by atoms with Crippen LogP contribution in [0, 0.1) is 0 Å². The van der Waals surface area contributed by atoms with Crippen molar-refractivity contribution in [1.29, 1.82) is 0 Å². The van der Waals surface area contributed by atoms with Crippen LogP contribution in [0.5, 0.6) is 0 Å². The molecule has 0 unspecified atom stereocenters. The summed E-state index contributed by atoms with van der Waals surface area (Å²) in [6.07, 6.45) is -2.09. The maximum atomic E-state index is 12.7. The Morgan fingerprint density at radius 1 is 1.29 bits per heavy atom. The zero-order valence-corrected chi connectivity index (χ0v) is 14.6. The highest BCUT2D eigenvalue weighted by atomic mass is 31.2. The molecule has 9 heteroatoms. The summed E-state index contributed by atoms with van der Waals surface area (Å²) in [5, 5.41) is 8.85. The van der Waals surface area contributed by atoms with E-state index in [1.54, 1.807) is 30.3 Å². The second-order valence-corrected chi connectivity index (χ2v) is 7.70. The number of ether oxygens (including phenoxy) is 3. The van der Waals surface area contributed by atoms with Crippen LogP contribution in [-0.4, -0.2) is 56.7 Å². The van der Waals surface area contributed by atoms with Crippen molar-refractivity contribution in [3.8, 4) is 0 Å². The SMILES string of the molecule is CO[C@@H]1C[C@@](O)(P(=O)(OC)OC)[C@@H](COC(=O)c2ccccc2)O1. The molecular weight excluding hydrogens is 339 g/mol. The summed E-state index contributed by atoms with van der Waals surface area (Å²) >= 11 is 0. The van der Waals surface area contributed by atoms with Gasteiger partial charge in [-0.3, -0.25) is 4.57 Å². The maximum absolute atomic E-state index is 12.7. The van der Waals surface area contributed by atoms with E-state index >= 15 is 0 Å². The van der Waals surface area contributed by atoms with Crippen molar-refractivity contribution in [3.63, 3.8) is 0 Å². The van der Waals surface area contributed by atoms with Crippen molar-refractivity contribution < 1.29 is 37.7 Å². The Bertz CT molecular complexity index is 599. The Morgan fingerprint density at radius 2 is 1.92 bits per heavy atom. The third-order valence-corrected chi connectivity index (χ3v) is 6.27. The van der Waals surface area contributed by atoms with Crippen molar-refractivity contribution in [1.82, 2.24) is 0 Å². The average Bonchev–Trinajstić information content (AvgIpc) is 2.97. The number of methoxy groups -OCH3 is 1. The molecule has 0 aromatic heterocycles. The summed E-state index contributed by atoms with van der Waals surface area (Å²) in [5.74, 6) is -0.591. The van der Waals surface area contributed by atoms with E-state index in [2.05, 4.69) is 0 Å². The second-order valence-electron chi connectivity index (χ2n) is 5.20. The highest BCUT2D eigenvalue weighted by Gasteiger charge is 2.61. The molecule has 1 fully saturated rings. The molecule has 8 nitrogen and oxygen atoms in total. The predicted octanol–water partition coefficient (Wildman–Crippen LogP) is 1.78. The largest absolute Gasteiger partial charge is 0.459 e. The van der Waals surface area contributed by atoms with Gasteiger partial charge in [0.2, 0.25) is 5.34 Å². The normalized spacial score (nSPS) is 27.2. The first-order valence-corrected chi connectivity index (χ1v) is 8.79. The van der Waals surface area contributed by atoms with Crippen LogP contribution in [0.4, 0.5) is 0 Å². The van der Waals surface area contributed by atoms with E-state index in [0.717, 1.165) is 14.2 Å². The van der Waals surface area contributed by atoms with E-state index in [1.807, 2.05) is 0 Å². The van der Waals surface area contributed by atoms with Gasteiger partial charge in [-0.15, -0.1) is 0 Å². The molecule has 1 aromatic carbocycles. The Kier molecular flexibility index (Phi) is 6.14. The van der Waals surface area contributed by atoms with Crippen LogP contribution in [0.25, 0.3) is 0 Å². The molecular formula is C15H21O8P. The van der Waals surface area contributed by atoms with Crippen molar-refractivity contribution in [2.45, 2.75) is 24.2 Å². The fourth-order valence-corrected chi connectivity index (χ4v) is 4.16. The first-order valence-electron chi connectivity index (χ1n) is 7.24. The molecule has 1 N–H and O–H groups in total. The fourth-order valence-electron chi connectivity index (χ4n) is 2.52. The summed E-state index contributed by atoms with van der Waals surface area (Å²) in [5.41, 5.74) is 0.351. The van der Waals surface area contributed by atoms with E-state index < -0.39 is 31.3 Å². The molecule has 134 valence electrons. The minimum Gasteiger partial charge on any atom is -0.459 e. The minimum absolute atomic E-state index is 0.143. The summed E-state index contributed by atoms with van der Waals surface area (Å²) in [6, 6.07) is 8.36. The van der Waals surface area contributed by atoms with Crippen molar-refractivity contribution >= 4 is 13.6 Å². The van der Waals surface area contributed by atoms with Crippen molar-refractivity contribution in [2.75, 3.05) is 27.9 Å². The molecule has 0 bridgehead atoms. The molecule has 0 spiro atoms. The molecule has 0 radical (unpaired) electrons. The van der Waals surface area contributed by atoms with Crippen LogP contribution in [0.3, 0.4) is 0 Å². The van der Waals surface area contributed by atoms with Crippen LogP contribution in [-0.2, 0) is 27.8 Å². The van der Waals surface area contributed by atoms with E-state index in [-0.39, 0.29) is 13.0 Å². The third kappa shape index (κ3) is 3.54. The number of hydrogen-bond acceptors (Lipinski definition) is 8. The average molecular weight is 360 g/mol. The zero-order valence-electron chi connectivity index (χ0n) is 13.7. The standard InChI is InChI=1S/C15H21O8P/c1-19-13-9-15(17,24(18,20-2)21-3)12(23-13)10-22-14(16)11-7-5-4-6-8-11/h4-8,12-13,17H,9-10H2,1-3H3/t12-,13+,15-/m1/s1. The number of hydrogen-bond donors (Lipinski definition) is 1. The minimum atomic E-state index is -3.92. The first-order chi connectivity index (χ1) is 11.4. The van der Waals surface area contributed by atoms with Gasteiger partial charge in [0.05, 0.1) is 5.56 Å². The molecule has 0 aliphatic carbocycles. The Balaban J connectivity index is 2.14. The first kappa shape index (κ1) is 19.1. The van der Waals surface area contributed by atoms with Crippen LogP contribution in [0.1, 0.15) is 16.8 Å². The molecule has 1 saturated heterocycles. The lowest BCUT2D eigenvalue weighted by Crippen LogP contribution is -2.42. The van der Waals surface area contributed by atoms with Gasteiger partial charge in [-0.05, 0) is 12.1 Å². The topological polar surface area (TPSA) is 101 Å². The van der Waals surface area contributed by atoms with E-state index in [0.29, 0.717) is 5.56 Å². The lowest BCUT2D eigenvalue weighted by atomic mass is 10.2. The number of esters is 1. The van der Waals surface area contributed by atoms with Crippen LogP contribution >= 0.6 is 7.60 Å². The Labute approximate surface area is 140 Å². The quantitative estimate of drug-likeness (QED) is 0.580. The molecule has 1 aliphatic heterocycles. The molecule has 0 amide bonds. The summed E-state index contributed by atoms with van der Waals surface area (Å²) in [6.45, 7) is -0.333. The fraction of sp³-hybridized carbons (Fsp3) is 0.533. The van der Waals surface area contributed by atoms with Gasteiger partial charge in [0, 0.05) is 27.8 Å². The van der Waals surface area contributed by atoms with Gasteiger partial charge in [0.15, 0.2) is 6.29 Å². The summed E-state index contributed by atoms with van der Waals surface area (Å²) in [4.78, 5) is 12.0. The van der Waals surface area contributed by atoms with Crippen LogP contribution in [0.15, 0.2) is 30.3 Å². The number of aliphatic hydroxyl groups is 1. The van der Waals surface area contributed by atoms with E-state index in [1.165, 1.54) is 7.11 Å². The second kappa shape index (κ2) is 7.74. The van der Waals surface area contributed by atoms with Crippen molar-refractivity contribution in [2.24, 2.45) is 0 Å². The number of carbonyl (C=O) groups is 1. The van der Waals surface area contributed by atoms with Crippen LogP contribution in [0.2, 0.25) is 0 Å². The zero-order chi connectivity index (χ0) is 17.8. The number of carbonyl (C=O) groups excluding carboxylic acids is 1. The molecule has 1 heterocycles. The molecule has 0 saturated carbocycles. The van der Waals surface area contributed by atoms with Gasteiger partial charge in [-0.2, -0.15) is 0 Å². The molecule has 24 heavy (non-hydrogen) atoms. The van der Waals surface area contributed by atoms with Crippen molar-refractivity contribution in [3.05, 3.63) is 35.9 Å². The van der Waals surface area contributed by atoms with Gasteiger partial charge < -0.3 is 28.4 Å². The molecule has 2 rings (SSSR count). The highest BCUT2D eigenvalue weighted by molar-refractivity contribution is 7.55. The number of rotatable bonds is 7. The Hall–Kier alpha value is -1.28. The smallest absolute Gasteiger partial charge is 0.364 e. The maximum Gasteiger partial charge on any atom is 0.364 e. The highest BCUT2D eigenvalue weighted by Crippen LogP contribution is 2.63. The van der Waals surface area contributed by atoms with Gasteiger partial charge >= 0.3 is 13.6 Å². The lowest BCUT2D eigenvalue weighted by molar-refractivity contribution is -0.131. The van der Waals surface area contributed by atoms with Gasteiger partial charge in [-0.1, -0.05) is 18.2 Å². The monoisotopic (exact) mass is 360 g/mol. The summed E-state index contributed by atoms with van der Waals surface area (Å²) < 4.78 is 38.2. The number of benzene rings is 1. The predicted molar refractivity (Wildman–Crippen MR) is 83.6 cm³/mol. The lowest BCUT2D eigenvalue weighted by Gasteiger charge is -2.32. The molecule has 1 aliphatic rings. The molecule has 3 atom stereocenters. The molecule has 1 aromatic rings. The Morgan fingerprint density at radius 3 is 2.46 bits per heavy atom. The van der Waals surface area contributed by atoms with Gasteiger partial charge in [0.25, 0.3) is 0 Å². The van der Waals surface area contributed by atoms with E-state index in [4.69, 9.17) is 23.3 Å². The van der Waals surface area contributed by atoms with Crippen LogP contribution < -0.4 is 0 Å². The van der Waals surface area contributed by atoms with Gasteiger partial charge in [-0.25, -0.2) is 4.79 Å². The van der Waals surface area contributed by atoms with E-state index in [9.17, 15) is 14.5 Å². The summed E-state index contributed by atoms with van der Waals surface area (Å²) in [7, 11) is -0.213.